The summed E-state index contributed by atoms with van der Waals surface area (Å²) in [4.78, 5) is 1.57. The number of aliphatic hydroxyl groups is 1. The number of rotatable bonds is 7. The van der Waals surface area contributed by atoms with E-state index in [-0.39, 0.29) is 18.6 Å². The Morgan fingerprint density at radius 3 is 2.36 bits per heavy atom. The number of halogens is 2. The van der Waals surface area contributed by atoms with Crippen LogP contribution in [0.1, 0.15) is 13.8 Å². The molecule has 5 heteroatoms. The van der Waals surface area contributed by atoms with E-state index in [0.29, 0.717) is 18.8 Å². The van der Waals surface area contributed by atoms with E-state index in [1.54, 1.807) is 4.90 Å². The summed E-state index contributed by atoms with van der Waals surface area (Å²) < 4.78 is 24.3. The van der Waals surface area contributed by atoms with E-state index in [1.165, 1.54) is 0 Å². The minimum absolute atomic E-state index is 0.0879. The first-order chi connectivity index (χ1) is 6.41. The highest BCUT2D eigenvalue weighted by Crippen LogP contribution is 2.18. The lowest BCUT2D eigenvalue weighted by Crippen LogP contribution is -2.39. The minimum Gasteiger partial charge on any atom is -0.395 e. The summed E-state index contributed by atoms with van der Waals surface area (Å²) in [6.45, 7) is 4.39. The molecule has 1 N–H and O–H groups in total. The van der Waals surface area contributed by atoms with Crippen molar-refractivity contribution in [1.29, 1.82) is 0 Å². The van der Waals surface area contributed by atoms with E-state index in [2.05, 4.69) is 12.6 Å². The number of thiol groups is 1. The maximum Gasteiger partial charge on any atom is 0.251 e. The van der Waals surface area contributed by atoms with Crippen molar-refractivity contribution in [2.75, 3.05) is 32.0 Å². The highest BCUT2D eigenvalue weighted by molar-refractivity contribution is 7.80. The molecule has 0 spiro atoms. The molecule has 86 valence electrons. The molecule has 0 rings (SSSR count). The average molecular weight is 227 g/mol. The van der Waals surface area contributed by atoms with Gasteiger partial charge in [0.25, 0.3) is 6.43 Å². The van der Waals surface area contributed by atoms with Gasteiger partial charge in [0.05, 0.1) is 13.2 Å². The fraction of sp³-hybridized carbons (Fsp3) is 1.00. The van der Waals surface area contributed by atoms with Crippen LogP contribution in [0.15, 0.2) is 0 Å². The molecule has 0 atom stereocenters. The Hall–Kier alpha value is 0.130. The molecule has 0 heterocycles. The Kier molecular flexibility index (Phi) is 6.64. The van der Waals surface area contributed by atoms with Crippen LogP contribution < -0.4 is 0 Å². The second-order valence-electron chi connectivity index (χ2n) is 4.17. The summed E-state index contributed by atoms with van der Waals surface area (Å²) in [6, 6.07) is 0. The van der Waals surface area contributed by atoms with Gasteiger partial charge in [-0.1, -0.05) is 13.8 Å². The first-order valence-corrected chi connectivity index (χ1v) is 5.27. The van der Waals surface area contributed by atoms with Gasteiger partial charge in [-0.2, -0.15) is 12.6 Å². The van der Waals surface area contributed by atoms with Gasteiger partial charge in [0.1, 0.15) is 0 Å². The third-order valence-electron chi connectivity index (χ3n) is 1.89. The summed E-state index contributed by atoms with van der Waals surface area (Å²) in [5.74, 6) is 0.637. The van der Waals surface area contributed by atoms with Crippen LogP contribution in [-0.4, -0.2) is 48.4 Å². The van der Waals surface area contributed by atoms with Gasteiger partial charge in [-0.05, 0) is 11.2 Å². The van der Waals surface area contributed by atoms with E-state index in [0.717, 1.165) is 0 Å². The Bertz CT molecular complexity index is 156. The average Bonchev–Trinajstić information content (AvgIpc) is 2.03. The van der Waals surface area contributed by atoms with Crippen molar-refractivity contribution in [2.24, 2.45) is 5.41 Å². The fourth-order valence-corrected chi connectivity index (χ4v) is 1.33. The molecule has 2 nitrogen and oxygen atoms in total. The van der Waals surface area contributed by atoms with Crippen LogP contribution in [0.4, 0.5) is 8.78 Å². The van der Waals surface area contributed by atoms with E-state index in [4.69, 9.17) is 5.11 Å². The van der Waals surface area contributed by atoms with Crippen molar-refractivity contribution in [3.05, 3.63) is 0 Å². The zero-order chi connectivity index (χ0) is 11.2. The van der Waals surface area contributed by atoms with Crippen molar-refractivity contribution in [1.82, 2.24) is 4.90 Å². The molecule has 0 aromatic carbocycles. The van der Waals surface area contributed by atoms with Crippen molar-refractivity contribution >= 4 is 12.6 Å². The molecule has 0 aromatic heterocycles. The Labute approximate surface area is 89.7 Å². The summed E-state index contributed by atoms with van der Waals surface area (Å²) in [7, 11) is 0. The Balaban J connectivity index is 4.07. The van der Waals surface area contributed by atoms with Gasteiger partial charge in [0, 0.05) is 13.1 Å². The highest BCUT2D eigenvalue weighted by Gasteiger charge is 2.21. The molecular weight excluding hydrogens is 208 g/mol. The second-order valence-corrected chi connectivity index (χ2v) is 4.49. The van der Waals surface area contributed by atoms with Crippen molar-refractivity contribution in [3.8, 4) is 0 Å². The van der Waals surface area contributed by atoms with Gasteiger partial charge in [-0.15, -0.1) is 0 Å². The molecule has 0 aromatic rings. The van der Waals surface area contributed by atoms with Crippen LogP contribution in [0.2, 0.25) is 0 Å². The van der Waals surface area contributed by atoms with Gasteiger partial charge >= 0.3 is 0 Å². The number of alkyl halides is 2. The SMILES string of the molecule is CC(C)(CS)CN(CCO)CC(F)F. The number of aliphatic hydroxyl groups excluding tert-OH is 1. The molecule has 0 fully saturated rings. The van der Waals surface area contributed by atoms with Crippen LogP contribution in [0.25, 0.3) is 0 Å². The largest absolute Gasteiger partial charge is 0.395 e. The first kappa shape index (κ1) is 14.1. The lowest BCUT2D eigenvalue weighted by molar-refractivity contribution is 0.0620. The molecule has 0 radical (unpaired) electrons. The van der Waals surface area contributed by atoms with Crippen LogP contribution in [0.5, 0.6) is 0 Å². The topological polar surface area (TPSA) is 23.5 Å². The zero-order valence-electron chi connectivity index (χ0n) is 8.71. The fourth-order valence-electron chi connectivity index (χ4n) is 1.23. The van der Waals surface area contributed by atoms with Crippen LogP contribution in [-0.2, 0) is 0 Å². The summed E-state index contributed by atoms with van der Waals surface area (Å²) >= 11 is 4.16. The normalized spacial score (nSPS) is 12.9. The van der Waals surface area contributed by atoms with Crippen molar-refractivity contribution < 1.29 is 13.9 Å². The van der Waals surface area contributed by atoms with Crippen LogP contribution in [0, 0.1) is 5.41 Å². The van der Waals surface area contributed by atoms with E-state index >= 15 is 0 Å². The van der Waals surface area contributed by atoms with Gasteiger partial charge in [-0.25, -0.2) is 8.78 Å². The van der Waals surface area contributed by atoms with E-state index < -0.39 is 6.43 Å². The zero-order valence-corrected chi connectivity index (χ0v) is 9.60. The predicted octanol–water partition coefficient (Wildman–Crippen LogP) is 1.50. The van der Waals surface area contributed by atoms with Crippen LogP contribution >= 0.6 is 12.6 Å². The van der Waals surface area contributed by atoms with Gasteiger partial charge < -0.3 is 5.11 Å². The molecule has 0 aliphatic rings. The first-order valence-electron chi connectivity index (χ1n) is 4.63. The third-order valence-corrected chi connectivity index (χ3v) is 2.75. The van der Waals surface area contributed by atoms with E-state index in [1.807, 2.05) is 13.8 Å². The van der Waals surface area contributed by atoms with Crippen molar-refractivity contribution in [2.45, 2.75) is 20.3 Å². The summed E-state index contributed by atoms with van der Waals surface area (Å²) in [5.41, 5.74) is -0.104. The predicted molar refractivity (Wildman–Crippen MR) is 57.2 cm³/mol. The molecular formula is C9H19F2NOS. The molecule has 0 unspecified atom stereocenters. The molecule has 0 saturated heterocycles. The van der Waals surface area contributed by atoms with Crippen molar-refractivity contribution in [3.63, 3.8) is 0 Å². The molecule has 0 amide bonds. The lowest BCUT2D eigenvalue weighted by atomic mass is 9.95. The van der Waals surface area contributed by atoms with Gasteiger partial charge in [0.2, 0.25) is 0 Å². The van der Waals surface area contributed by atoms with Crippen LogP contribution in [0.3, 0.4) is 0 Å². The summed E-state index contributed by atoms with van der Waals surface area (Å²) in [5, 5.41) is 8.71. The molecule has 0 aliphatic heterocycles. The molecule has 0 aliphatic carbocycles. The van der Waals surface area contributed by atoms with Gasteiger partial charge in [0.15, 0.2) is 0 Å². The Morgan fingerprint density at radius 2 is 2.00 bits per heavy atom. The number of hydrogen-bond donors (Lipinski definition) is 2. The quantitative estimate of drug-likeness (QED) is 0.644. The standard InChI is InChI=1S/C9H19F2NOS/c1-9(2,7-14)6-12(3-4-13)5-8(10)11/h8,13-14H,3-7H2,1-2H3. The smallest absolute Gasteiger partial charge is 0.251 e. The third kappa shape index (κ3) is 6.56. The van der Waals surface area contributed by atoms with Gasteiger partial charge in [-0.3, -0.25) is 4.90 Å². The maximum absolute atomic E-state index is 12.1. The minimum atomic E-state index is -2.35. The summed E-state index contributed by atoms with van der Waals surface area (Å²) in [6.07, 6.45) is -2.35. The molecule has 0 bridgehead atoms. The maximum atomic E-state index is 12.1. The monoisotopic (exact) mass is 227 g/mol. The molecule has 0 saturated carbocycles. The number of hydrogen-bond acceptors (Lipinski definition) is 3. The van der Waals surface area contributed by atoms with E-state index in [9.17, 15) is 8.78 Å². The highest BCUT2D eigenvalue weighted by atomic mass is 32.1. The lowest BCUT2D eigenvalue weighted by Gasteiger charge is -2.30. The second kappa shape index (κ2) is 6.58. The molecule has 14 heavy (non-hydrogen) atoms. The number of nitrogens with zero attached hydrogens (tertiary/aromatic N) is 1. The Morgan fingerprint density at radius 1 is 1.43 bits per heavy atom.